The van der Waals surface area contributed by atoms with Gasteiger partial charge in [-0.25, -0.2) is 4.79 Å². The number of halogens is 2. The number of alkyl halides is 2. The van der Waals surface area contributed by atoms with Crippen molar-refractivity contribution in [3.8, 4) is 17.2 Å². The molecule has 9 heteroatoms. The van der Waals surface area contributed by atoms with E-state index in [1.807, 2.05) is 0 Å². The average molecular weight is 352 g/mol. The summed E-state index contributed by atoms with van der Waals surface area (Å²) in [4.78, 5) is 23.0. The van der Waals surface area contributed by atoms with E-state index in [0.717, 1.165) is 29.7 Å². The highest BCUT2D eigenvalue weighted by molar-refractivity contribution is 5.84. The smallest absolute Gasteiger partial charge is 0.387 e. The highest BCUT2D eigenvalue weighted by Gasteiger charge is 2.23. The molecule has 0 atom stereocenters. The van der Waals surface area contributed by atoms with Crippen LogP contribution in [-0.4, -0.2) is 34.1 Å². The third kappa shape index (κ3) is 4.11. The van der Waals surface area contributed by atoms with E-state index in [0.29, 0.717) is 12.5 Å². The predicted molar refractivity (Wildman–Crippen MR) is 81.6 cm³/mol. The van der Waals surface area contributed by atoms with Crippen molar-refractivity contribution < 1.29 is 28.2 Å². The number of hydrogen-bond donors (Lipinski definition) is 1. The van der Waals surface area contributed by atoms with Crippen molar-refractivity contribution in [2.75, 3.05) is 6.61 Å². The first-order chi connectivity index (χ1) is 11.9. The van der Waals surface area contributed by atoms with Crippen molar-refractivity contribution in [3.05, 3.63) is 46.4 Å². The van der Waals surface area contributed by atoms with Gasteiger partial charge in [-0.2, -0.15) is 18.6 Å². The van der Waals surface area contributed by atoms with Crippen LogP contribution in [0.25, 0.3) is 5.69 Å². The minimum atomic E-state index is -3.02. The normalized spacial score (nSPS) is 13.7. The Bertz CT molecular complexity index is 849. The first-order valence-electron chi connectivity index (χ1n) is 7.50. The molecule has 1 saturated carbocycles. The van der Waals surface area contributed by atoms with Crippen LogP contribution in [0.1, 0.15) is 23.3 Å². The molecule has 0 saturated heterocycles. The standard InChI is InChI=1S/C16H14F2N2O5/c17-16(18)25-12-5-3-10(7-13(12)24-8-9-1-2-9)20-14(21)6-4-11(19-20)15(22)23/h3-7,9,16H,1-2,8H2,(H,22,23). The molecule has 132 valence electrons. The SMILES string of the molecule is O=C(O)c1ccc(=O)n(-c2ccc(OC(F)F)c(OCC3CC3)c2)n1. The summed E-state index contributed by atoms with van der Waals surface area (Å²) < 4.78 is 35.9. The minimum Gasteiger partial charge on any atom is -0.489 e. The van der Waals surface area contributed by atoms with Gasteiger partial charge in [0.25, 0.3) is 5.56 Å². The Hall–Kier alpha value is -2.97. The molecule has 1 N–H and O–H groups in total. The van der Waals surface area contributed by atoms with Crippen molar-refractivity contribution in [2.24, 2.45) is 5.92 Å². The number of carboxylic acids is 1. The highest BCUT2D eigenvalue weighted by Crippen LogP contribution is 2.34. The lowest BCUT2D eigenvalue weighted by Crippen LogP contribution is -2.22. The predicted octanol–water partition coefficient (Wildman–Crippen LogP) is 2.32. The van der Waals surface area contributed by atoms with Crippen molar-refractivity contribution in [3.63, 3.8) is 0 Å². The molecule has 1 aromatic heterocycles. The van der Waals surface area contributed by atoms with Gasteiger partial charge in [-0.3, -0.25) is 4.79 Å². The number of carbonyl (C=O) groups is 1. The number of nitrogens with zero attached hydrogens (tertiary/aromatic N) is 2. The van der Waals surface area contributed by atoms with Crippen LogP contribution in [-0.2, 0) is 0 Å². The number of aromatic carboxylic acids is 1. The van der Waals surface area contributed by atoms with E-state index in [1.165, 1.54) is 18.2 Å². The second-order valence-corrected chi connectivity index (χ2v) is 5.54. The molecule has 1 aliphatic carbocycles. The van der Waals surface area contributed by atoms with Gasteiger partial charge in [-0.15, -0.1) is 0 Å². The molecule has 1 heterocycles. The topological polar surface area (TPSA) is 90.7 Å². The fourth-order valence-electron chi connectivity index (χ4n) is 2.14. The lowest BCUT2D eigenvalue weighted by atomic mass is 10.2. The molecular formula is C16H14F2N2O5. The minimum absolute atomic E-state index is 0.0409. The van der Waals surface area contributed by atoms with E-state index in [1.54, 1.807) is 0 Å². The molecule has 0 unspecified atom stereocenters. The molecule has 2 aromatic rings. The molecule has 0 amide bonds. The van der Waals surface area contributed by atoms with E-state index in [9.17, 15) is 18.4 Å². The number of benzene rings is 1. The number of carboxylic acid groups (broad SMARTS) is 1. The first-order valence-corrected chi connectivity index (χ1v) is 7.50. The zero-order valence-corrected chi connectivity index (χ0v) is 12.9. The molecule has 1 aliphatic rings. The Morgan fingerprint density at radius 1 is 1.28 bits per heavy atom. The zero-order chi connectivity index (χ0) is 18.0. The molecule has 25 heavy (non-hydrogen) atoms. The summed E-state index contributed by atoms with van der Waals surface area (Å²) in [7, 11) is 0. The summed E-state index contributed by atoms with van der Waals surface area (Å²) in [5, 5.41) is 12.7. The fourth-order valence-corrected chi connectivity index (χ4v) is 2.14. The molecular weight excluding hydrogens is 338 g/mol. The lowest BCUT2D eigenvalue weighted by molar-refractivity contribution is -0.0515. The number of aromatic nitrogens is 2. The van der Waals surface area contributed by atoms with Gasteiger partial charge < -0.3 is 14.6 Å². The van der Waals surface area contributed by atoms with Crippen LogP contribution in [0.15, 0.2) is 35.1 Å². The molecule has 1 aromatic carbocycles. The summed E-state index contributed by atoms with van der Waals surface area (Å²) in [6, 6.07) is 6.01. The Balaban J connectivity index is 1.98. The quantitative estimate of drug-likeness (QED) is 0.822. The van der Waals surface area contributed by atoms with Crippen LogP contribution in [0.2, 0.25) is 0 Å². The maximum Gasteiger partial charge on any atom is 0.387 e. The van der Waals surface area contributed by atoms with Gasteiger partial charge in [-0.1, -0.05) is 0 Å². The van der Waals surface area contributed by atoms with E-state index in [4.69, 9.17) is 9.84 Å². The number of ether oxygens (including phenoxy) is 2. The Morgan fingerprint density at radius 2 is 2.04 bits per heavy atom. The van der Waals surface area contributed by atoms with Gasteiger partial charge in [0.05, 0.1) is 12.3 Å². The van der Waals surface area contributed by atoms with Gasteiger partial charge in [-0.05, 0) is 37.0 Å². The fraction of sp³-hybridized carbons (Fsp3) is 0.312. The van der Waals surface area contributed by atoms with E-state index >= 15 is 0 Å². The van der Waals surface area contributed by atoms with Crippen LogP contribution in [0, 0.1) is 5.92 Å². The van der Waals surface area contributed by atoms with Crippen molar-refractivity contribution >= 4 is 5.97 Å². The van der Waals surface area contributed by atoms with Gasteiger partial charge >= 0.3 is 12.6 Å². The van der Waals surface area contributed by atoms with Gasteiger partial charge in [0.1, 0.15) is 0 Å². The highest BCUT2D eigenvalue weighted by atomic mass is 19.3. The zero-order valence-electron chi connectivity index (χ0n) is 12.9. The first kappa shape index (κ1) is 16.9. The summed E-state index contributed by atoms with van der Waals surface area (Å²) in [5.41, 5.74) is -0.714. The molecule has 0 aliphatic heterocycles. The largest absolute Gasteiger partial charge is 0.489 e. The van der Waals surface area contributed by atoms with Crippen LogP contribution in [0.3, 0.4) is 0 Å². The van der Waals surface area contributed by atoms with Crippen molar-refractivity contribution in [1.82, 2.24) is 9.78 Å². The Labute approximate surface area is 140 Å². The summed E-state index contributed by atoms with van der Waals surface area (Å²) in [5.74, 6) is -1.04. The number of rotatable bonds is 7. The summed E-state index contributed by atoms with van der Waals surface area (Å²) >= 11 is 0. The molecule has 0 bridgehead atoms. The van der Waals surface area contributed by atoms with Crippen LogP contribution < -0.4 is 15.0 Å². The Kier molecular flexibility index (Phi) is 4.64. The maximum atomic E-state index is 12.5. The third-order valence-corrected chi connectivity index (χ3v) is 3.58. The molecule has 0 radical (unpaired) electrons. The van der Waals surface area contributed by atoms with Gasteiger partial charge in [0.15, 0.2) is 17.2 Å². The maximum absolute atomic E-state index is 12.5. The van der Waals surface area contributed by atoms with Crippen LogP contribution >= 0.6 is 0 Å². The lowest BCUT2D eigenvalue weighted by Gasteiger charge is -2.14. The second kappa shape index (κ2) is 6.88. The van der Waals surface area contributed by atoms with Crippen LogP contribution in [0.4, 0.5) is 8.78 Å². The van der Waals surface area contributed by atoms with Gasteiger partial charge in [0.2, 0.25) is 0 Å². The number of hydrogen-bond acceptors (Lipinski definition) is 5. The average Bonchev–Trinajstić information content (AvgIpc) is 3.38. The molecule has 1 fully saturated rings. The van der Waals surface area contributed by atoms with E-state index in [-0.39, 0.29) is 22.9 Å². The Morgan fingerprint density at radius 3 is 2.68 bits per heavy atom. The van der Waals surface area contributed by atoms with Crippen molar-refractivity contribution in [2.45, 2.75) is 19.5 Å². The van der Waals surface area contributed by atoms with E-state index in [2.05, 4.69) is 9.84 Å². The summed E-state index contributed by atoms with van der Waals surface area (Å²) in [6.07, 6.45) is 2.01. The second-order valence-electron chi connectivity index (χ2n) is 5.54. The summed E-state index contributed by atoms with van der Waals surface area (Å²) in [6.45, 7) is -2.68. The molecule has 7 nitrogen and oxygen atoms in total. The molecule has 3 rings (SSSR count). The monoisotopic (exact) mass is 352 g/mol. The third-order valence-electron chi connectivity index (χ3n) is 3.58. The van der Waals surface area contributed by atoms with Crippen LogP contribution in [0.5, 0.6) is 11.5 Å². The van der Waals surface area contributed by atoms with E-state index < -0.39 is 18.1 Å². The van der Waals surface area contributed by atoms with Crippen molar-refractivity contribution in [1.29, 1.82) is 0 Å². The molecule has 0 spiro atoms. The van der Waals surface area contributed by atoms with Gasteiger partial charge in [0, 0.05) is 12.1 Å².